The van der Waals surface area contributed by atoms with E-state index in [1.165, 1.54) is 12.7 Å². The summed E-state index contributed by atoms with van der Waals surface area (Å²) in [4.78, 5) is 11.0. The Balaban J connectivity index is 2.10. The maximum Gasteiger partial charge on any atom is 0.307 e. The molecule has 0 aliphatic heterocycles. The molecule has 1 aromatic rings. The number of esters is 1. The summed E-state index contributed by atoms with van der Waals surface area (Å²) < 4.78 is 4.62. The highest BCUT2D eigenvalue weighted by Crippen LogP contribution is 2.02. The summed E-state index contributed by atoms with van der Waals surface area (Å²) >= 11 is 0. The lowest BCUT2D eigenvalue weighted by atomic mass is 10.1. The van der Waals surface area contributed by atoms with Crippen LogP contribution in [0.15, 0.2) is 30.3 Å². The van der Waals surface area contributed by atoms with E-state index in [4.69, 9.17) is 0 Å². The third-order valence-corrected chi connectivity index (χ3v) is 2.68. The van der Waals surface area contributed by atoms with Gasteiger partial charge in [-0.1, -0.05) is 30.3 Å². The third-order valence-electron chi connectivity index (χ3n) is 2.68. The average molecular weight is 235 g/mol. The van der Waals surface area contributed by atoms with Crippen LogP contribution in [-0.4, -0.2) is 25.7 Å². The van der Waals surface area contributed by atoms with Crippen molar-refractivity contribution in [3.63, 3.8) is 0 Å². The minimum atomic E-state index is -0.159. The zero-order valence-electron chi connectivity index (χ0n) is 10.6. The van der Waals surface area contributed by atoms with Crippen molar-refractivity contribution in [2.45, 2.75) is 32.2 Å². The molecule has 1 rings (SSSR count). The highest BCUT2D eigenvalue weighted by molar-refractivity contribution is 5.69. The fraction of sp³-hybridized carbons (Fsp3) is 0.500. The first-order valence-corrected chi connectivity index (χ1v) is 6.06. The quantitative estimate of drug-likeness (QED) is 0.581. The second-order valence-corrected chi connectivity index (χ2v) is 4.22. The van der Waals surface area contributed by atoms with Gasteiger partial charge < -0.3 is 10.1 Å². The number of hydrogen-bond donors (Lipinski definition) is 1. The Bertz CT molecular complexity index is 324. The summed E-state index contributed by atoms with van der Waals surface area (Å²) in [5.74, 6) is -0.159. The number of ether oxygens (including phenoxy) is 1. The van der Waals surface area contributed by atoms with Gasteiger partial charge in [0.05, 0.1) is 13.5 Å². The molecule has 0 saturated heterocycles. The SMILES string of the molecule is COC(=O)CC(C)NCCCc1ccccc1. The highest BCUT2D eigenvalue weighted by atomic mass is 16.5. The lowest BCUT2D eigenvalue weighted by molar-refractivity contribution is -0.141. The standard InChI is InChI=1S/C14H21NO2/c1-12(11-14(16)17-2)15-10-6-9-13-7-4-3-5-8-13/h3-5,7-8,12,15H,6,9-11H2,1-2H3. The van der Waals surface area contributed by atoms with Crippen molar-refractivity contribution >= 4 is 5.97 Å². The van der Waals surface area contributed by atoms with Gasteiger partial charge in [0.25, 0.3) is 0 Å². The number of aryl methyl sites for hydroxylation is 1. The van der Waals surface area contributed by atoms with Crippen molar-refractivity contribution in [3.8, 4) is 0 Å². The van der Waals surface area contributed by atoms with Gasteiger partial charge in [0.1, 0.15) is 0 Å². The van der Waals surface area contributed by atoms with Gasteiger partial charge in [-0.15, -0.1) is 0 Å². The average Bonchev–Trinajstić information content (AvgIpc) is 2.36. The molecule has 17 heavy (non-hydrogen) atoms. The van der Waals surface area contributed by atoms with Crippen molar-refractivity contribution in [1.82, 2.24) is 5.32 Å². The number of methoxy groups -OCH3 is 1. The summed E-state index contributed by atoms with van der Waals surface area (Å²) in [6, 6.07) is 10.6. The zero-order chi connectivity index (χ0) is 12.5. The van der Waals surface area contributed by atoms with Gasteiger partial charge in [-0.3, -0.25) is 4.79 Å². The molecule has 1 unspecified atom stereocenters. The molecule has 0 aromatic heterocycles. The molecule has 0 radical (unpaired) electrons. The van der Waals surface area contributed by atoms with E-state index in [0.717, 1.165) is 19.4 Å². The van der Waals surface area contributed by atoms with Crippen LogP contribution in [0.2, 0.25) is 0 Å². The Morgan fingerprint density at radius 2 is 2.06 bits per heavy atom. The predicted octanol–water partition coefficient (Wildman–Crippen LogP) is 2.16. The second kappa shape index (κ2) is 7.85. The number of carbonyl (C=O) groups is 1. The molecular weight excluding hydrogens is 214 g/mol. The van der Waals surface area contributed by atoms with Crippen molar-refractivity contribution in [2.75, 3.05) is 13.7 Å². The Hall–Kier alpha value is -1.35. The summed E-state index contributed by atoms with van der Waals surface area (Å²) in [6.45, 7) is 2.92. The van der Waals surface area contributed by atoms with Gasteiger partial charge in [-0.2, -0.15) is 0 Å². The van der Waals surface area contributed by atoms with Gasteiger partial charge in [-0.05, 0) is 31.9 Å². The summed E-state index contributed by atoms with van der Waals surface area (Å²) in [6.07, 6.45) is 2.58. The maximum absolute atomic E-state index is 11.0. The molecular formula is C14H21NO2. The van der Waals surface area contributed by atoms with Gasteiger partial charge in [0, 0.05) is 6.04 Å². The van der Waals surface area contributed by atoms with Crippen LogP contribution in [0, 0.1) is 0 Å². The van der Waals surface area contributed by atoms with Gasteiger partial charge in [0.2, 0.25) is 0 Å². The molecule has 94 valence electrons. The largest absolute Gasteiger partial charge is 0.469 e. The van der Waals surface area contributed by atoms with E-state index in [0.29, 0.717) is 6.42 Å². The molecule has 1 atom stereocenters. The molecule has 0 fully saturated rings. The molecule has 3 heteroatoms. The van der Waals surface area contributed by atoms with E-state index in [2.05, 4.69) is 34.3 Å². The van der Waals surface area contributed by atoms with Crippen LogP contribution >= 0.6 is 0 Å². The van der Waals surface area contributed by atoms with Crippen molar-refractivity contribution in [3.05, 3.63) is 35.9 Å². The Morgan fingerprint density at radius 3 is 2.71 bits per heavy atom. The van der Waals surface area contributed by atoms with Crippen LogP contribution in [0.4, 0.5) is 0 Å². The van der Waals surface area contributed by atoms with Crippen molar-refractivity contribution in [2.24, 2.45) is 0 Å². The molecule has 0 heterocycles. The monoisotopic (exact) mass is 235 g/mol. The maximum atomic E-state index is 11.0. The van der Waals surface area contributed by atoms with Crippen LogP contribution in [-0.2, 0) is 16.0 Å². The number of benzene rings is 1. The van der Waals surface area contributed by atoms with E-state index >= 15 is 0 Å². The lowest BCUT2D eigenvalue weighted by Gasteiger charge is -2.12. The Morgan fingerprint density at radius 1 is 1.35 bits per heavy atom. The van der Waals surface area contributed by atoms with E-state index in [1.54, 1.807) is 0 Å². The predicted molar refractivity (Wildman–Crippen MR) is 68.9 cm³/mol. The molecule has 1 aromatic carbocycles. The van der Waals surface area contributed by atoms with Gasteiger partial charge in [-0.25, -0.2) is 0 Å². The molecule has 0 saturated carbocycles. The number of carbonyl (C=O) groups excluding carboxylic acids is 1. The van der Waals surface area contributed by atoms with Crippen LogP contribution in [0.1, 0.15) is 25.3 Å². The highest BCUT2D eigenvalue weighted by Gasteiger charge is 2.07. The van der Waals surface area contributed by atoms with E-state index < -0.39 is 0 Å². The van der Waals surface area contributed by atoms with E-state index in [9.17, 15) is 4.79 Å². The van der Waals surface area contributed by atoms with Gasteiger partial charge >= 0.3 is 5.97 Å². The molecule has 3 nitrogen and oxygen atoms in total. The molecule has 0 spiro atoms. The zero-order valence-corrected chi connectivity index (χ0v) is 10.6. The molecule has 0 aliphatic rings. The number of rotatable bonds is 7. The smallest absolute Gasteiger partial charge is 0.307 e. The number of nitrogens with one attached hydrogen (secondary N) is 1. The first-order chi connectivity index (χ1) is 8.22. The minimum Gasteiger partial charge on any atom is -0.469 e. The first kappa shape index (κ1) is 13.7. The van der Waals surface area contributed by atoms with Crippen LogP contribution in [0.25, 0.3) is 0 Å². The van der Waals surface area contributed by atoms with E-state index in [-0.39, 0.29) is 12.0 Å². The summed E-state index contributed by atoms with van der Waals surface area (Å²) in [5.41, 5.74) is 1.36. The van der Waals surface area contributed by atoms with Crippen LogP contribution in [0.5, 0.6) is 0 Å². The fourth-order valence-corrected chi connectivity index (χ4v) is 1.69. The molecule has 0 amide bonds. The van der Waals surface area contributed by atoms with Crippen LogP contribution < -0.4 is 5.32 Å². The van der Waals surface area contributed by atoms with Crippen molar-refractivity contribution < 1.29 is 9.53 Å². The van der Waals surface area contributed by atoms with Gasteiger partial charge in [0.15, 0.2) is 0 Å². The Labute approximate surface area is 103 Å². The topological polar surface area (TPSA) is 38.3 Å². The second-order valence-electron chi connectivity index (χ2n) is 4.22. The normalized spacial score (nSPS) is 12.1. The minimum absolute atomic E-state index is 0.159. The van der Waals surface area contributed by atoms with E-state index in [1.807, 2.05) is 13.0 Å². The lowest BCUT2D eigenvalue weighted by Crippen LogP contribution is -2.29. The molecule has 0 bridgehead atoms. The summed E-state index contributed by atoms with van der Waals surface area (Å²) in [7, 11) is 1.42. The van der Waals surface area contributed by atoms with Crippen molar-refractivity contribution in [1.29, 1.82) is 0 Å². The molecule has 0 aliphatic carbocycles. The summed E-state index contributed by atoms with van der Waals surface area (Å²) in [5, 5.41) is 3.32. The molecule has 1 N–H and O–H groups in total. The first-order valence-electron chi connectivity index (χ1n) is 6.06. The number of hydrogen-bond acceptors (Lipinski definition) is 3. The Kier molecular flexibility index (Phi) is 6.33. The third kappa shape index (κ3) is 6.07. The fourth-order valence-electron chi connectivity index (χ4n) is 1.69. The van der Waals surface area contributed by atoms with Crippen LogP contribution in [0.3, 0.4) is 0 Å².